The summed E-state index contributed by atoms with van der Waals surface area (Å²) in [4.78, 5) is 4.76. The Labute approximate surface area is 218 Å². The van der Waals surface area contributed by atoms with Crippen molar-refractivity contribution in [2.75, 3.05) is 0 Å². The maximum absolute atomic E-state index is 4.76. The van der Waals surface area contributed by atoms with Crippen LogP contribution in [0.15, 0.2) is 128 Å². The number of thiophene rings is 1. The van der Waals surface area contributed by atoms with Crippen molar-refractivity contribution in [2.24, 2.45) is 0 Å². The smallest absolute Gasteiger partial charge is 0.0786 e. The van der Waals surface area contributed by atoms with Crippen molar-refractivity contribution in [3.8, 4) is 22.3 Å². The third-order valence-corrected chi connectivity index (χ3v) is 8.72. The molecule has 2 heteroatoms. The van der Waals surface area contributed by atoms with Crippen molar-refractivity contribution in [3.63, 3.8) is 0 Å². The van der Waals surface area contributed by atoms with Gasteiger partial charge in [0, 0.05) is 37.1 Å². The van der Waals surface area contributed by atoms with E-state index >= 15 is 0 Å². The molecule has 0 atom stereocenters. The van der Waals surface area contributed by atoms with Gasteiger partial charge < -0.3 is 0 Å². The summed E-state index contributed by atoms with van der Waals surface area (Å²) in [6, 6.07) is 44.1. The van der Waals surface area contributed by atoms with Crippen molar-refractivity contribution < 1.29 is 0 Å². The standard InChI is InChI=1S/C35H21NS/c1-2-12-29-26(10-1)27-18-17-23(21-32(27)30-15-7-19-36-34(29)30)22-8-5-9-24(20-22)25-13-6-14-31-28-11-3-4-16-33(28)37-35(25)31/h1-21H. The Bertz CT molecular complexity index is 2120. The number of hydrogen-bond acceptors (Lipinski definition) is 2. The molecule has 0 saturated heterocycles. The first-order valence-corrected chi connectivity index (χ1v) is 13.4. The molecule has 0 unspecified atom stereocenters. The molecule has 8 rings (SSSR count). The molecule has 0 saturated carbocycles. The lowest BCUT2D eigenvalue weighted by Crippen LogP contribution is -1.87. The first-order valence-electron chi connectivity index (χ1n) is 12.6. The lowest BCUT2D eigenvalue weighted by atomic mass is 9.93. The highest BCUT2D eigenvalue weighted by Gasteiger charge is 2.13. The minimum absolute atomic E-state index is 1.06. The SMILES string of the molecule is c1cc(-c2ccc3c4ccccc4c4ncccc4c3c2)cc(-c2cccc3c2sc2ccccc23)c1. The third kappa shape index (κ3) is 3.13. The molecule has 0 spiro atoms. The van der Waals surface area contributed by atoms with Crippen LogP contribution in [0.25, 0.3) is 74.9 Å². The highest BCUT2D eigenvalue weighted by Crippen LogP contribution is 2.41. The van der Waals surface area contributed by atoms with Gasteiger partial charge in [0.25, 0.3) is 0 Å². The Morgan fingerprint density at radius 3 is 2.05 bits per heavy atom. The quantitative estimate of drug-likeness (QED) is 0.221. The second-order valence-corrected chi connectivity index (χ2v) is 10.6. The molecule has 0 aliphatic rings. The normalized spacial score (nSPS) is 11.8. The van der Waals surface area contributed by atoms with E-state index in [-0.39, 0.29) is 0 Å². The molecular formula is C35H21NS. The summed E-state index contributed by atoms with van der Waals surface area (Å²) in [7, 11) is 0. The van der Waals surface area contributed by atoms with E-state index in [2.05, 4.69) is 115 Å². The summed E-state index contributed by atoms with van der Waals surface area (Å²) in [6.45, 7) is 0. The third-order valence-electron chi connectivity index (χ3n) is 7.50. The molecule has 8 aromatic rings. The van der Waals surface area contributed by atoms with E-state index in [1.165, 1.54) is 69.4 Å². The van der Waals surface area contributed by atoms with Crippen molar-refractivity contribution in [3.05, 3.63) is 128 Å². The minimum Gasteiger partial charge on any atom is -0.256 e. The second-order valence-electron chi connectivity index (χ2n) is 9.57. The summed E-state index contributed by atoms with van der Waals surface area (Å²) in [5.74, 6) is 0. The number of benzene rings is 6. The first-order chi connectivity index (χ1) is 18.3. The topological polar surface area (TPSA) is 12.9 Å². The van der Waals surface area contributed by atoms with E-state index in [0.29, 0.717) is 0 Å². The molecule has 0 N–H and O–H groups in total. The van der Waals surface area contributed by atoms with Crippen LogP contribution in [0.3, 0.4) is 0 Å². The van der Waals surface area contributed by atoms with E-state index in [1.54, 1.807) is 0 Å². The van der Waals surface area contributed by atoms with Crippen molar-refractivity contribution in [1.29, 1.82) is 0 Å². The van der Waals surface area contributed by atoms with Gasteiger partial charge in [-0.15, -0.1) is 11.3 Å². The monoisotopic (exact) mass is 487 g/mol. The van der Waals surface area contributed by atoms with Gasteiger partial charge in [0.2, 0.25) is 0 Å². The van der Waals surface area contributed by atoms with Gasteiger partial charge in [0.1, 0.15) is 0 Å². The zero-order valence-corrected chi connectivity index (χ0v) is 20.8. The molecule has 172 valence electrons. The average Bonchev–Trinajstić information content (AvgIpc) is 3.36. The second kappa shape index (κ2) is 7.99. The van der Waals surface area contributed by atoms with Gasteiger partial charge in [0.15, 0.2) is 0 Å². The molecule has 6 aromatic carbocycles. The van der Waals surface area contributed by atoms with Gasteiger partial charge in [-0.1, -0.05) is 97.1 Å². The predicted octanol–water partition coefficient (Wildman–Crippen LogP) is 10.2. The largest absolute Gasteiger partial charge is 0.256 e. The fourth-order valence-corrected chi connectivity index (χ4v) is 7.02. The highest BCUT2D eigenvalue weighted by atomic mass is 32.1. The Morgan fingerprint density at radius 1 is 0.432 bits per heavy atom. The van der Waals surface area contributed by atoms with Crippen LogP contribution in [-0.4, -0.2) is 4.98 Å². The van der Waals surface area contributed by atoms with E-state index in [4.69, 9.17) is 4.98 Å². The average molecular weight is 488 g/mol. The molecule has 0 bridgehead atoms. The zero-order valence-electron chi connectivity index (χ0n) is 20.0. The van der Waals surface area contributed by atoms with E-state index in [1.807, 2.05) is 23.6 Å². The Balaban J connectivity index is 1.34. The summed E-state index contributed by atoms with van der Waals surface area (Å²) < 4.78 is 2.69. The number of aromatic nitrogens is 1. The number of nitrogens with zero attached hydrogens (tertiary/aromatic N) is 1. The highest BCUT2D eigenvalue weighted by molar-refractivity contribution is 7.26. The van der Waals surface area contributed by atoms with Crippen molar-refractivity contribution in [2.45, 2.75) is 0 Å². The molecule has 0 aliphatic heterocycles. The maximum atomic E-state index is 4.76. The fraction of sp³-hybridized carbons (Fsp3) is 0. The fourth-order valence-electron chi connectivity index (χ4n) is 5.78. The molecule has 0 aliphatic carbocycles. The van der Waals surface area contributed by atoms with Crippen LogP contribution < -0.4 is 0 Å². The van der Waals surface area contributed by atoms with Crippen LogP contribution in [0, 0.1) is 0 Å². The van der Waals surface area contributed by atoms with Gasteiger partial charge in [-0.3, -0.25) is 4.98 Å². The number of fused-ring (bicyclic) bond motifs is 9. The summed E-state index contributed by atoms with van der Waals surface area (Å²) in [5.41, 5.74) is 6.05. The lowest BCUT2D eigenvalue weighted by Gasteiger charge is -2.12. The first kappa shape index (κ1) is 20.6. The molecule has 2 heterocycles. The van der Waals surface area contributed by atoms with E-state index < -0.39 is 0 Å². The van der Waals surface area contributed by atoms with Crippen LogP contribution in [0.1, 0.15) is 0 Å². The van der Waals surface area contributed by atoms with Gasteiger partial charge >= 0.3 is 0 Å². The van der Waals surface area contributed by atoms with Crippen LogP contribution in [0.5, 0.6) is 0 Å². The van der Waals surface area contributed by atoms with E-state index in [0.717, 1.165) is 5.52 Å². The van der Waals surface area contributed by atoms with Crippen LogP contribution in [-0.2, 0) is 0 Å². The van der Waals surface area contributed by atoms with Crippen molar-refractivity contribution >= 4 is 64.0 Å². The Hall–Kier alpha value is -4.53. The predicted molar refractivity (Wildman–Crippen MR) is 161 cm³/mol. The van der Waals surface area contributed by atoms with Crippen molar-refractivity contribution in [1.82, 2.24) is 4.98 Å². The molecule has 0 amide bonds. The lowest BCUT2D eigenvalue weighted by molar-refractivity contribution is 1.43. The van der Waals surface area contributed by atoms with Gasteiger partial charge in [-0.25, -0.2) is 0 Å². The number of hydrogen-bond donors (Lipinski definition) is 0. The van der Waals surface area contributed by atoms with Gasteiger partial charge in [0.05, 0.1) is 5.52 Å². The zero-order chi connectivity index (χ0) is 24.3. The molecule has 37 heavy (non-hydrogen) atoms. The summed E-state index contributed by atoms with van der Waals surface area (Å²) in [6.07, 6.45) is 1.89. The van der Waals surface area contributed by atoms with Crippen LogP contribution in [0.2, 0.25) is 0 Å². The minimum atomic E-state index is 1.06. The van der Waals surface area contributed by atoms with Gasteiger partial charge in [-0.05, 0) is 62.7 Å². The molecular weight excluding hydrogens is 466 g/mol. The molecule has 1 nitrogen and oxygen atoms in total. The van der Waals surface area contributed by atoms with Crippen LogP contribution in [0.4, 0.5) is 0 Å². The Kier molecular flexibility index (Phi) is 4.46. The van der Waals surface area contributed by atoms with Crippen LogP contribution >= 0.6 is 11.3 Å². The molecule has 0 fully saturated rings. The Morgan fingerprint density at radius 2 is 1.11 bits per heavy atom. The molecule has 2 aromatic heterocycles. The maximum Gasteiger partial charge on any atom is 0.0786 e. The number of rotatable bonds is 2. The summed E-state index contributed by atoms with van der Waals surface area (Å²) in [5, 5.41) is 8.84. The summed E-state index contributed by atoms with van der Waals surface area (Å²) >= 11 is 1.88. The molecule has 0 radical (unpaired) electrons. The van der Waals surface area contributed by atoms with E-state index in [9.17, 15) is 0 Å². The van der Waals surface area contributed by atoms with Gasteiger partial charge in [-0.2, -0.15) is 0 Å². The number of pyridine rings is 1.